The van der Waals surface area contributed by atoms with Crippen LogP contribution in [0.25, 0.3) is 0 Å². The van der Waals surface area contributed by atoms with Crippen molar-refractivity contribution in [1.82, 2.24) is 10.3 Å². The molecule has 0 bridgehead atoms. The van der Waals surface area contributed by atoms with E-state index in [-0.39, 0.29) is 5.91 Å². The highest BCUT2D eigenvalue weighted by Crippen LogP contribution is 2.25. The molecule has 0 unspecified atom stereocenters. The summed E-state index contributed by atoms with van der Waals surface area (Å²) in [5.41, 5.74) is 2.96. The van der Waals surface area contributed by atoms with Gasteiger partial charge in [-0.3, -0.25) is 9.78 Å². The molecule has 1 fully saturated rings. The molecule has 0 spiro atoms. The Bertz CT molecular complexity index is 697. The Morgan fingerprint density at radius 2 is 2.00 bits per heavy atom. The lowest BCUT2D eigenvalue weighted by Crippen LogP contribution is -2.34. The topological polar surface area (TPSA) is 54.5 Å². The van der Waals surface area contributed by atoms with Gasteiger partial charge in [0.1, 0.15) is 5.69 Å². The van der Waals surface area contributed by atoms with Gasteiger partial charge in [0.05, 0.1) is 6.61 Å². The summed E-state index contributed by atoms with van der Waals surface area (Å²) in [6.07, 6.45) is 5.22. The first-order valence-corrected chi connectivity index (χ1v) is 9.28. The summed E-state index contributed by atoms with van der Waals surface area (Å²) in [7, 11) is 1.62. The van der Waals surface area contributed by atoms with E-state index in [1.165, 1.54) is 18.4 Å². The number of hydrogen-bond donors (Lipinski definition) is 1. The molecule has 5 heteroatoms. The molecular formula is C21H27N3O2. The van der Waals surface area contributed by atoms with Crippen LogP contribution in [0, 0.1) is 5.92 Å². The number of piperidine rings is 1. The van der Waals surface area contributed by atoms with Gasteiger partial charge in [-0.05, 0) is 42.9 Å². The molecule has 2 aromatic rings. The number of amides is 1. The van der Waals surface area contributed by atoms with Gasteiger partial charge in [-0.1, -0.05) is 30.3 Å². The van der Waals surface area contributed by atoms with Crippen LogP contribution in [0.1, 0.15) is 28.9 Å². The molecule has 0 aliphatic carbocycles. The van der Waals surface area contributed by atoms with Gasteiger partial charge in [0.25, 0.3) is 5.91 Å². The molecule has 138 valence electrons. The fourth-order valence-electron chi connectivity index (χ4n) is 3.44. The van der Waals surface area contributed by atoms with E-state index in [2.05, 4.69) is 45.5 Å². The van der Waals surface area contributed by atoms with Crippen molar-refractivity contribution in [3.05, 3.63) is 59.9 Å². The molecule has 1 aliphatic heterocycles. The largest absolute Gasteiger partial charge is 0.383 e. The number of methoxy groups -OCH3 is 1. The summed E-state index contributed by atoms with van der Waals surface area (Å²) in [5, 5.41) is 2.82. The summed E-state index contributed by atoms with van der Waals surface area (Å²) in [5.74, 6) is 0.579. The molecule has 1 amide bonds. The van der Waals surface area contributed by atoms with E-state index in [9.17, 15) is 4.79 Å². The second-order valence-corrected chi connectivity index (χ2v) is 6.77. The number of benzene rings is 1. The molecular weight excluding hydrogens is 326 g/mol. The number of pyridine rings is 1. The van der Waals surface area contributed by atoms with E-state index >= 15 is 0 Å². The van der Waals surface area contributed by atoms with Crippen molar-refractivity contribution in [3.8, 4) is 0 Å². The fraction of sp³-hybridized carbons (Fsp3) is 0.429. The Morgan fingerprint density at radius 3 is 2.73 bits per heavy atom. The molecule has 1 aromatic heterocycles. The predicted molar refractivity (Wildman–Crippen MR) is 104 cm³/mol. The van der Waals surface area contributed by atoms with Crippen molar-refractivity contribution < 1.29 is 9.53 Å². The predicted octanol–water partition coefficient (Wildman–Crippen LogP) is 2.92. The maximum atomic E-state index is 12.2. The summed E-state index contributed by atoms with van der Waals surface area (Å²) < 4.78 is 4.96. The Kier molecular flexibility index (Phi) is 6.61. The quantitative estimate of drug-likeness (QED) is 0.778. The zero-order valence-electron chi connectivity index (χ0n) is 15.4. The molecule has 3 rings (SSSR count). The van der Waals surface area contributed by atoms with Crippen molar-refractivity contribution in [2.45, 2.75) is 19.3 Å². The smallest absolute Gasteiger partial charge is 0.270 e. The van der Waals surface area contributed by atoms with Crippen LogP contribution in [0.2, 0.25) is 0 Å². The molecule has 0 radical (unpaired) electrons. The number of anilines is 1. The number of carbonyl (C=O) groups excluding carboxylic acids is 1. The SMILES string of the molecule is COCCNC(=O)c1cc(N2CCC(Cc3ccccc3)CC2)ccn1. The highest BCUT2D eigenvalue weighted by molar-refractivity contribution is 5.93. The van der Waals surface area contributed by atoms with Crippen LogP contribution in [0.5, 0.6) is 0 Å². The summed E-state index contributed by atoms with van der Waals surface area (Å²) >= 11 is 0. The van der Waals surface area contributed by atoms with Crippen LogP contribution < -0.4 is 10.2 Å². The molecule has 1 aliphatic rings. The fourth-order valence-corrected chi connectivity index (χ4v) is 3.44. The van der Waals surface area contributed by atoms with Crippen LogP contribution in [0.15, 0.2) is 48.7 Å². The van der Waals surface area contributed by atoms with E-state index in [0.29, 0.717) is 18.8 Å². The average Bonchev–Trinajstić information content (AvgIpc) is 2.69. The van der Waals surface area contributed by atoms with Crippen LogP contribution in [0.4, 0.5) is 5.69 Å². The third kappa shape index (κ3) is 5.05. The van der Waals surface area contributed by atoms with Crippen molar-refractivity contribution in [3.63, 3.8) is 0 Å². The molecule has 0 atom stereocenters. The molecule has 2 heterocycles. The minimum absolute atomic E-state index is 0.150. The van der Waals surface area contributed by atoms with Crippen LogP contribution in [-0.2, 0) is 11.2 Å². The molecule has 1 N–H and O–H groups in total. The monoisotopic (exact) mass is 353 g/mol. The van der Waals surface area contributed by atoms with Gasteiger partial charge >= 0.3 is 0 Å². The molecule has 26 heavy (non-hydrogen) atoms. The van der Waals surface area contributed by atoms with Crippen molar-refractivity contribution >= 4 is 11.6 Å². The molecule has 0 saturated carbocycles. The third-order valence-corrected chi connectivity index (χ3v) is 4.91. The zero-order valence-corrected chi connectivity index (χ0v) is 15.4. The minimum atomic E-state index is -0.150. The number of carbonyl (C=O) groups is 1. The number of hydrogen-bond acceptors (Lipinski definition) is 4. The van der Waals surface area contributed by atoms with Crippen LogP contribution in [0.3, 0.4) is 0 Å². The molecule has 5 nitrogen and oxygen atoms in total. The van der Waals surface area contributed by atoms with E-state index in [0.717, 1.165) is 31.1 Å². The van der Waals surface area contributed by atoms with Gasteiger partial charge in [-0.25, -0.2) is 0 Å². The number of nitrogens with one attached hydrogen (secondary N) is 1. The number of nitrogens with zero attached hydrogens (tertiary/aromatic N) is 2. The number of rotatable bonds is 7. The van der Waals surface area contributed by atoms with Gasteiger partial charge in [0, 0.05) is 38.6 Å². The first kappa shape index (κ1) is 18.4. The Morgan fingerprint density at radius 1 is 1.23 bits per heavy atom. The molecule has 1 aromatic carbocycles. The lowest BCUT2D eigenvalue weighted by Gasteiger charge is -2.33. The van der Waals surface area contributed by atoms with Gasteiger partial charge in [-0.2, -0.15) is 0 Å². The zero-order chi connectivity index (χ0) is 18.2. The Balaban J connectivity index is 1.54. The van der Waals surface area contributed by atoms with E-state index in [1.54, 1.807) is 13.3 Å². The van der Waals surface area contributed by atoms with E-state index in [1.807, 2.05) is 12.1 Å². The lowest BCUT2D eigenvalue weighted by atomic mass is 9.90. The van der Waals surface area contributed by atoms with Gasteiger partial charge in [0.15, 0.2) is 0 Å². The maximum absolute atomic E-state index is 12.2. The number of aromatic nitrogens is 1. The summed E-state index contributed by atoms with van der Waals surface area (Å²) in [6.45, 7) is 3.03. The van der Waals surface area contributed by atoms with Crippen molar-refractivity contribution in [2.24, 2.45) is 5.92 Å². The summed E-state index contributed by atoms with van der Waals surface area (Å²) in [4.78, 5) is 18.7. The van der Waals surface area contributed by atoms with Crippen LogP contribution in [-0.4, -0.2) is 44.2 Å². The maximum Gasteiger partial charge on any atom is 0.270 e. The third-order valence-electron chi connectivity index (χ3n) is 4.91. The standard InChI is InChI=1S/C21H27N3O2/c1-26-14-11-23-21(25)20-16-19(7-10-22-20)24-12-8-18(9-13-24)15-17-5-3-2-4-6-17/h2-7,10,16,18H,8-9,11-15H2,1H3,(H,23,25). The Hall–Kier alpha value is -2.40. The number of ether oxygens (including phenoxy) is 1. The second-order valence-electron chi connectivity index (χ2n) is 6.77. The van der Waals surface area contributed by atoms with Crippen molar-refractivity contribution in [2.75, 3.05) is 38.3 Å². The first-order chi connectivity index (χ1) is 12.8. The minimum Gasteiger partial charge on any atom is -0.383 e. The summed E-state index contributed by atoms with van der Waals surface area (Å²) in [6, 6.07) is 14.6. The second kappa shape index (κ2) is 9.34. The highest BCUT2D eigenvalue weighted by atomic mass is 16.5. The van der Waals surface area contributed by atoms with Gasteiger partial charge < -0.3 is 15.0 Å². The highest BCUT2D eigenvalue weighted by Gasteiger charge is 2.20. The van der Waals surface area contributed by atoms with Gasteiger partial charge in [0.2, 0.25) is 0 Å². The van der Waals surface area contributed by atoms with Crippen LogP contribution >= 0.6 is 0 Å². The van der Waals surface area contributed by atoms with E-state index in [4.69, 9.17) is 4.74 Å². The van der Waals surface area contributed by atoms with Gasteiger partial charge in [-0.15, -0.1) is 0 Å². The van der Waals surface area contributed by atoms with E-state index < -0.39 is 0 Å². The average molecular weight is 353 g/mol. The first-order valence-electron chi connectivity index (χ1n) is 9.28. The van der Waals surface area contributed by atoms with Crippen molar-refractivity contribution in [1.29, 1.82) is 0 Å². The molecule has 1 saturated heterocycles. The Labute approximate surface area is 155 Å². The normalized spacial score (nSPS) is 15.0. The lowest BCUT2D eigenvalue weighted by molar-refractivity contribution is 0.0932.